The molecule has 19 heavy (non-hydrogen) atoms. The van der Waals surface area contributed by atoms with Crippen LogP contribution in [0.1, 0.15) is 5.69 Å². The minimum Gasteiger partial charge on any atom is -0.380 e. The van der Waals surface area contributed by atoms with E-state index in [9.17, 15) is 4.39 Å². The average Bonchev–Trinajstić information content (AvgIpc) is 3.09. The van der Waals surface area contributed by atoms with Crippen molar-refractivity contribution >= 4 is 10.9 Å². The van der Waals surface area contributed by atoms with Crippen LogP contribution >= 0.6 is 0 Å². The van der Waals surface area contributed by atoms with E-state index in [1.165, 1.54) is 6.33 Å². The van der Waals surface area contributed by atoms with E-state index in [0.717, 1.165) is 10.9 Å². The number of halogens is 1. The third kappa shape index (κ3) is 1.44. The SMILES string of the molecule is FC1C2COCCNC12c1ncnc2ccncc12. The molecule has 2 aromatic heterocycles. The van der Waals surface area contributed by atoms with Crippen molar-refractivity contribution in [1.29, 1.82) is 0 Å². The minimum absolute atomic E-state index is 0.173. The van der Waals surface area contributed by atoms with Crippen LogP contribution in [-0.2, 0) is 10.3 Å². The molecule has 0 spiro atoms. The lowest BCUT2D eigenvalue weighted by Gasteiger charge is -2.17. The zero-order valence-corrected chi connectivity index (χ0v) is 10.2. The molecule has 2 aliphatic rings. The van der Waals surface area contributed by atoms with E-state index < -0.39 is 11.7 Å². The second kappa shape index (κ2) is 3.91. The van der Waals surface area contributed by atoms with Gasteiger partial charge in [-0.2, -0.15) is 0 Å². The summed E-state index contributed by atoms with van der Waals surface area (Å²) in [6, 6.07) is 1.81. The fraction of sp³-hybridized carbons (Fsp3) is 0.462. The molecular weight excluding hydrogens is 247 g/mol. The van der Waals surface area contributed by atoms with Crippen molar-refractivity contribution in [2.45, 2.75) is 11.7 Å². The van der Waals surface area contributed by atoms with Crippen molar-refractivity contribution in [2.24, 2.45) is 5.92 Å². The molecule has 2 fully saturated rings. The first-order valence-corrected chi connectivity index (χ1v) is 6.36. The van der Waals surface area contributed by atoms with Crippen LogP contribution in [0.2, 0.25) is 0 Å². The topological polar surface area (TPSA) is 59.9 Å². The highest BCUT2D eigenvalue weighted by Gasteiger charge is 2.69. The first-order chi connectivity index (χ1) is 9.34. The molecule has 98 valence electrons. The summed E-state index contributed by atoms with van der Waals surface area (Å²) in [5, 5.41) is 4.08. The zero-order chi connectivity index (χ0) is 12.9. The molecule has 3 unspecified atom stereocenters. The van der Waals surface area contributed by atoms with Crippen molar-refractivity contribution in [3.05, 3.63) is 30.5 Å². The highest BCUT2D eigenvalue weighted by atomic mass is 19.1. The van der Waals surface area contributed by atoms with Gasteiger partial charge in [0, 0.05) is 30.2 Å². The molecule has 6 heteroatoms. The Balaban J connectivity index is 1.90. The van der Waals surface area contributed by atoms with Crippen LogP contribution < -0.4 is 5.32 Å². The third-order valence-electron chi connectivity index (χ3n) is 4.05. The van der Waals surface area contributed by atoms with Crippen LogP contribution in [-0.4, -0.2) is 40.9 Å². The van der Waals surface area contributed by atoms with E-state index in [4.69, 9.17) is 4.74 Å². The average molecular weight is 260 g/mol. The standard InChI is InChI=1S/C13H13FN4O/c14-11-9-6-19-4-3-18-13(9,11)12-8-5-15-2-1-10(8)16-7-17-12/h1-2,5,7,9,11,18H,3-4,6H2. The highest BCUT2D eigenvalue weighted by Crippen LogP contribution is 2.55. The Morgan fingerprint density at radius 3 is 3.32 bits per heavy atom. The maximum absolute atomic E-state index is 14.3. The van der Waals surface area contributed by atoms with Gasteiger partial charge in [-0.1, -0.05) is 0 Å². The van der Waals surface area contributed by atoms with Gasteiger partial charge in [-0.05, 0) is 6.07 Å². The van der Waals surface area contributed by atoms with Crippen LogP contribution in [0.5, 0.6) is 0 Å². The van der Waals surface area contributed by atoms with E-state index in [2.05, 4.69) is 20.3 Å². The Hall–Kier alpha value is -1.66. The fourth-order valence-electron chi connectivity index (χ4n) is 3.02. The zero-order valence-electron chi connectivity index (χ0n) is 10.2. The Morgan fingerprint density at radius 1 is 1.42 bits per heavy atom. The van der Waals surface area contributed by atoms with Gasteiger partial charge in [-0.15, -0.1) is 0 Å². The van der Waals surface area contributed by atoms with E-state index in [-0.39, 0.29) is 5.92 Å². The molecule has 1 saturated carbocycles. The molecule has 3 heterocycles. The summed E-state index contributed by atoms with van der Waals surface area (Å²) in [7, 11) is 0. The lowest BCUT2D eigenvalue weighted by atomic mass is 10.1. The summed E-state index contributed by atoms with van der Waals surface area (Å²) in [6.07, 6.45) is 3.90. The van der Waals surface area contributed by atoms with Gasteiger partial charge in [-0.3, -0.25) is 4.98 Å². The summed E-state index contributed by atoms with van der Waals surface area (Å²) in [5.41, 5.74) is 0.772. The molecule has 3 atom stereocenters. The Bertz CT molecular complexity index is 632. The van der Waals surface area contributed by atoms with Crippen LogP contribution in [0.3, 0.4) is 0 Å². The normalized spacial score (nSPS) is 33.7. The van der Waals surface area contributed by atoms with Crippen LogP contribution in [0.25, 0.3) is 10.9 Å². The van der Waals surface area contributed by atoms with Crippen molar-refractivity contribution in [2.75, 3.05) is 19.8 Å². The van der Waals surface area contributed by atoms with Crippen LogP contribution in [0.15, 0.2) is 24.8 Å². The van der Waals surface area contributed by atoms with Gasteiger partial charge in [0.2, 0.25) is 0 Å². The van der Waals surface area contributed by atoms with Crippen molar-refractivity contribution in [1.82, 2.24) is 20.3 Å². The Labute approximate surface area is 109 Å². The predicted octanol–water partition coefficient (Wildman–Crippen LogP) is 0.808. The number of aromatic nitrogens is 3. The molecule has 0 aromatic carbocycles. The number of alkyl halides is 1. The first-order valence-electron chi connectivity index (χ1n) is 6.36. The highest BCUT2D eigenvalue weighted by molar-refractivity contribution is 5.81. The van der Waals surface area contributed by atoms with Gasteiger partial charge in [-0.25, -0.2) is 14.4 Å². The molecule has 0 amide bonds. The lowest BCUT2D eigenvalue weighted by molar-refractivity contribution is 0.129. The Kier molecular flexibility index (Phi) is 2.31. The molecule has 2 aromatic rings. The van der Waals surface area contributed by atoms with Crippen molar-refractivity contribution in [3.63, 3.8) is 0 Å². The predicted molar refractivity (Wildman–Crippen MR) is 66.2 cm³/mol. The van der Waals surface area contributed by atoms with E-state index in [0.29, 0.717) is 25.5 Å². The molecule has 0 bridgehead atoms. The summed E-state index contributed by atoms with van der Waals surface area (Å²) in [5.74, 6) is -0.173. The number of rotatable bonds is 1. The monoisotopic (exact) mass is 260 g/mol. The molecule has 1 saturated heterocycles. The molecule has 5 nitrogen and oxygen atoms in total. The van der Waals surface area contributed by atoms with Crippen molar-refractivity contribution < 1.29 is 9.13 Å². The van der Waals surface area contributed by atoms with Gasteiger partial charge in [0.05, 0.1) is 24.4 Å². The molecular formula is C13H13FN4O. The van der Waals surface area contributed by atoms with E-state index in [1.54, 1.807) is 12.4 Å². The second-order valence-corrected chi connectivity index (χ2v) is 4.99. The van der Waals surface area contributed by atoms with Gasteiger partial charge in [0.15, 0.2) is 0 Å². The number of hydrogen-bond acceptors (Lipinski definition) is 5. The molecule has 4 rings (SSSR count). The summed E-state index contributed by atoms with van der Waals surface area (Å²) in [4.78, 5) is 12.6. The number of nitrogens with zero attached hydrogens (tertiary/aromatic N) is 3. The third-order valence-corrected chi connectivity index (χ3v) is 4.05. The first kappa shape index (κ1) is 11.2. The number of hydrogen-bond donors (Lipinski definition) is 1. The number of pyridine rings is 1. The summed E-state index contributed by atoms with van der Waals surface area (Å²) < 4.78 is 19.7. The Morgan fingerprint density at radius 2 is 2.37 bits per heavy atom. The lowest BCUT2D eigenvalue weighted by Crippen LogP contribution is -2.35. The summed E-state index contributed by atoms with van der Waals surface area (Å²) >= 11 is 0. The molecule has 1 aliphatic heterocycles. The number of nitrogens with one attached hydrogen (secondary N) is 1. The quantitative estimate of drug-likeness (QED) is 0.822. The van der Waals surface area contributed by atoms with Crippen molar-refractivity contribution in [3.8, 4) is 0 Å². The van der Waals surface area contributed by atoms with Crippen LogP contribution in [0.4, 0.5) is 4.39 Å². The molecule has 1 N–H and O–H groups in total. The van der Waals surface area contributed by atoms with Gasteiger partial charge in [0.1, 0.15) is 18.0 Å². The van der Waals surface area contributed by atoms with Gasteiger partial charge >= 0.3 is 0 Å². The maximum atomic E-state index is 14.3. The smallest absolute Gasteiger partial charge is 0.132 e. The van der Waals surface area contributed by atoms with E-state index in [1.807, 2.05) is 6.07 Å². The van der Waals surface area contributed by atoms with Gasteiger partial charge in [0.25, 0.3) is 0 Å². The maximum Gasteiger partial charge on any atom is 0.132 e. The largest absolute Gasteiger partial charge is 0.380 e. The second-order valence-electron chi connectivity index (χ2n) is 4.99. The van der Waals surface area contributed by atoms with Gasteiger partial charge < -0.3 is 10.1 Å². The fourth-order valence-corrected chi connectivity index (χ4v) is 3.02. The summed E-state index contributed by atoms with van der Waals surface area (Å²) in [6.45, 7) is 1.66. The van der Waals surface area contributed by atoms with Crippen LogP contribution in [0, 0.1) is 5.92 Å². The molecule has 0 radical (unpaired) electrons. The number of fused-ring (bicyclic) bond motifs is 2. The minimum atomic E-state index is -0.967. The number of ether oxygens (including phenoxy) is 1. The van der Waals surface area contributed by atoms with E-state index >= 15 is 0 Å². The molecule has 1 aliphatic carbocycles.